The summed E-state index contributed by atoms with van der Waals surface area (Å²) in [6.07, 6.45) is -8.98. The maximum Gasteiger partial charge on any atom is 0.416 e. The molecule has 2 atom stereocenters. The Balaban J connectivity index is 1.17. The fourth-order valence-electron chi connectivity index (χ4n) is 8.73. The van der Waals surface area contributed by atoms with Crippen LogP contribution in [0.2, 0.25) is 0 Å². The maximum atomic E-state index is 14.2. The second kappa shape index (κ2) is 22.8. The van der Waals surface area contributed by atoms with E-state index >= 15 is 0 Å². The van der Waals surface area contributed by atoms with Crippen molar-refractivity contribution in [3.63, 3.8) is 0 Å². The molecule has 0 saturated heterocycles. The number of alkyl halides is 6. The Kier molecular flexibility index (Phi) is 16.8. The van der Waals surface area contributed by atoms with Gasteiger partial charge in [-0.25, -0.2) is 9.59 Å². The summed E-state index contributed by atoms with van der Waals surface area (Å²) in [6, 6.07) is 18.1. The smallest absolute Gasteiger partial charge is 0.416 e. The highest BCUT2D eigenvalue weighted by molar-refractivity contribution is 6.07. The van der Waals surface area contributed by atoms with Gasteiger partial charge in [0.05, 0.1) is 69.0 Å². The van der Waals surface area contributed by atoms with Crippen LogP contribution in [0, 0.1) is 22.7 Å². The lowest BCUT2D eigenvalue weighted by Gasteiger charge is -2.42. The molecule has 17 nitrogen and oxygen atoms in total. The number of anilines is 2. The van der Waals surface area contributed by atoms with Gasteiger partial charge in [0, 0.05) is 24.5 Å². The van der Waals surface area contributed by atoms with Crippen LogP contribution in [-0.2, 0) is 31.5 Å². The minimum Gasteiger partial charge on any atom is -0.480 e. The third-order valence-electron chi connectivity index (χ3n) is 12.2. The van der Waals surface area contributed by atoms with Gasteiger partial charge in [-0.2, -0.15) is 36.9 Å². The molecule has 1 unspecified atom stereocenters. The van der Waals surface area contributed by atoms with Gasteiger partial charge in [-0.3, -0.25) is 29.0 Å². The Morgan fingerprint density at radius 2 is 0.959 bits per heavy atom. The summed E-state index contributed by atoms with van der Waals surface area (Å²) < 4.78 is 82.9. The third-order valence-corrected chi connectivity index (χ3v) is 12.2. The standard InChI is InChI=1S/C51H47F6N9O8/c1-30-42(44(34-16-12-32(26-58)13-17-34)63(28-40(67)68)48(73)65(30)38-10-4-8-36(24-38)50(52,53)54)46(71)60-20-6-22-62(3)23-7-21-61-47(72)43-31(2)66(39-11-5-9-37(25-39)51(55,56)57)49(74)64(29-41(69)70)45(43)35-18-14-33(27-59)15-19-35/h4-5,8-19,24-25,44-45H,6-7,20-23,28-29H2,1-3H3,(H,60,71)(H,61,72)(H,67,68)(H,69,70)/t44-,45?/m1/s1. The van der Waals surface area contributed by atoms with Crippen LogP contribution in [0.15, 0.2) is 120 Å². The van der Waals surface area contributed by atoms with Gasteiger partial charge in [-0.05, 0) is 119 Å². The van der Waals surface area contributed by atoms with Crippen LogP contribution in [0.1, 0.15) is 72.2 Å². The van der Waals surface area contributed by atoms with Gasteiger partial charge in [-0.15, -0.1) is 0 Å². The number of halogens is 6. The zero-order chi connectivity index (χ0) is 54.2. The van der Waals surface area contributed by atoms with Crippen molar-refractivity contribution in [2.45, 2.75) is 51.1 Å². The SMILES string of the molecule is CC1=C(C(=O)NCCCN(C)CCCNC(=O)C2=C(C)N(c3cccc(C(F)(F)F)c3)C(=O)N(CC(=O)O)[C@@H]2c2ccc(C#N)cc2)C(c2ccc(C#N)cc2)N(CC(=O)O)C(=O)N1c1cccc(C(F)(F)F)c1. The van der Waals surface area contributed by atoms with Crippen LogP contribution in [0.5, 0.6) is 0 Å². The van der Waals surface area contributed by atoms with Gasteiger partial charge in [0.2, 0.25) is 0 Å². The molecule has 4 N–H and O–H groups in total. The number of rotatable bonds is 18. The Morgan fingerprint density at radius 1 is 0.608 bits per heavy atom. The predicted octanol–water partition coefficient (Wildman–Crippen LogP) is 7.80. The monoisotopic (exact) mass is 1030 g/mol. The Hall–Kier alpha value is -8.70. The number of nitrogens with zero attached hydrogens (tertiary/aromatic N) is 7. The first-order valence-corrected chi connectivity index (χ1v) is 22.6. The summed E-state index contributed by atoms with van der Waals surface area (Å²) in [5.74, 6) is -4.47. The summed E-state index contributed by atoms with van der Waals surface area (Å²) in [4.78, 5) is 86.3. The zero-order valence-corrected chi connectivity index (χ0v) is 39.8. The fraction of sp³-hybridized carbons (Fsp3) is 0.294. The molecule has 6 rings (SSSR count). The molecular weight excluding hydrogens is 981 g/mol. The minimum absolute atomic E-state index is 0.0192. The number of nitriles is 2. The Bertz CT molecular complexity index is 2780. The van der Waals surface area contributed by atoms with E-state index in [9.17, 15) is 75.8 Å². The van der Waals surface area contributed by atoms with Crippen molar-refractivity contribution in [2.24, 2.45) is 0 Å². The van der Waals surface area contributed by atoms with E-state index in [4.69, 9.17) is 0 Å². The van der Waals surface area contributed by atoms with E-state index < -0.39 is 84.5 Å². The molecule has 2 aliphatic heterocycles. The number of hydrogen-bond acceptors (Lipinski definition) is 9. The lowest BCUT2D eigenvalue weighted by molar-refractivity contribution is -0.139. The van der Waals surface area contributed by atoms with Crippen LogP contribution >= 0.6 is 0 Å². The number of carbonyl (C=O) groups is 6. The second-order valence-electron chi connectivity index (χ2n) is 17.2. The van der Waals surface area contributed by atoms with Crippen LogP contribution in [0.3, 0.4) is 0 Å². The molecule has 0 aromatic heterocycles. The van der Waals surface area contributed by atoms with Crippen molar-refractivity contribution in [1.82, 2.24) is 25.3 Å². The number of carboxylic acids is 2. The van der Waals surface area contributed by atoms with Crippen molar-refractivity contribution in [3.8, 4) is 12.1 Å². The molecule has 6 amide bonds. The number of urea groups is 2. The summed E-state index contributed by atoms with van der Waals surface area (Å²) in [5.41, 5.74) is -2.24. The number of benzene rings is 4. The van der Waals surface area contributed by atoms with Crippen molar-refractivity contribution in [3.05, 3.63) is 153 Å². The van der Waals surface area contributed by atoms with Crippen molar-refractivity contribution in [1.29, 1.82) is 10.5 Å². The normalized spacial score (nSPS) is 16.3. The molecule has 0 fully saturated rings. The van der Waals surface area contributed by atoms with Crippen LogP contribution in [0.4, 0.5) is 47.3 Å². The molecule has 4 aromatic rings. The summed E-state index contributed by atoms with van der Waals surface area (Å²) in [7, 11) is 1.75. The van der Waals surface area contributed by atoms with E-state index in [1.165, 1.54) is 74.5 Å². The summed E-state index contributed by atoms with van der Waals surface area (Å²) >= 11 is 0. The Labute approximate surface area is 419 Å². The third kappa shape index (κ3) is 12.3. The van der Waals surface area contributed by atoms with Crippen molar-refractivity contribution < 1.29 is 65.3 Å². The second-order valence-corrected chi connectivity index (χ2v) is 17.2. The highest BCUT2D eigenvalue weighted by Gasteiger charge is 2.45. The van der Waals surface area contributed by atoms with E-state index in [1.807, 2.05) is 17.0 Å². The molecular formula is C51H47F6N9O8. The van der Waals surface area contributed by atoms with Crippen LogP contribution < -0.4 is 20.4 Å². The zero-order valence-electron chi connectivity index (χ0n) is 39.8. The molecule has 2 heterocycles. The van der Waals surface area contributed by atoms with Crippen molar-refractivity contribution in [2.75, 3.05) is 56.1 Å². The number of carboxylic acid groups (broad SMARTS) is 2. The van der Waals surface area contributed by atoms with Crippen molar-refractivity contribution >= 4 is 47.2 Å². The summed E-state index contributed by atoms with van der Waals surface area (Å²) in [5, 5.41) is 44.2. The van der Waals surface area contributed by atoms with Crippen LogP contribution in [-0.4, -0.2) is 107 Å². The average Bonchev–Trinajstić information content (AvgIpc) is 3.35. The number of nitrogens with one attached hydrogen (secondary N) is 2. The molecule has 23 heteroatoms. The first kappa shape index (κ1) is 54.6. The first-order chi connectivity index (χ1) is 35.0. The molecule has 0 bridgehead atoms. The average molecular weight is 1030 g/mol. The van der Waals surface area contributed by atoms with E-state index in [0.29, 0.717) is 38.1 Å². The highest BCUT2D eigenvalue weighted by Crippen LogP contribution is 2.43. The quantitative estimate of drug-likeness (QED) is 0.0555. The molecule has 386 valence electrons. The molecule has 0 aliphatic carbocycles. The topological polar surface area (TPSA) is 231 Å². The molecule has 4 aromatic carbocycles. The lowest BCUT2D eigenvalue weighted by atomic mass is 9.91. The predicted molar refractivity (Wildman–Crippen MR) is 253 cm³/mol. The van der Waals surface area contributed by atoms with E-state index in [1.54, 1.807) is 7.05 Å². The van der Waals surface area contributed by atoms with Gasteiger partial charge < -0.3 is 35.5 Å². The maximum absolute atomic E-state index is 14.2. The number of hydrogen-bond donors (Lipinski definition) is 4. The number of allylic oxidation sites excluding steroid dienone is 2. The van der Waals surface area contributed by atoms with Gasteiger partial charge in [0.1, 0.15) is 13.1 Å². The number of amides is 6. The molecule has 0 radical (unpaired) electrons. The first-order valence-electron chi connectivity index (χ1n) is 22.6. The summed E-state index contributed by atoms with van der Waals surface area (Å²) in [6.45, 7) is 1.55. The van der Waals surface area contributed by atoms with Gasteiger partial charge in [0.25, 0.3) is 11.8 Å². The molecule has 2 aliphatic rings. The van der Waals surface area contributed by atoms with E-state index in [2.05, 4.69) is 10.6 Å². The fourth-order valence-corrected chi connectivity index (χ4v) is 8.73. The number of carbonyl (C=O) groups excluding carboxylic acids is 4. The van der Waals surface area contributed by atoms with E-state index in [0.717, 1.165) is 43.9 Å². The molecule has 0 spiro atoms. The largest absolute Gasteiger partial charge is 0.480 e. The minimum atomic E-state index is -4.80. The lowest BCUT2D eigenvalue weighted by Crippen LogP contribution is -2.53. The highest BCUT2D eigenvalue weighted by atomic mass is 19.4. The van der Waals surface area contributed by atoms with Gasteiger partial charge in [0.15, 0.2) is 0 Å². The number of aliphatic carboxylic acids is 2. The van der Waals surface area contributed by atoms with Gasteiger partial charge >= 0.3 is 36.4 Å². The molecule has 0 saturated carbocycles. The van der Waals surface area contributed by atoms with Gasteiger partial charge in [-0.1, -0.05) is 36.4 Å². The van der Waals surface area contributed by atoms with Crippen LogP contribution in [0.25, 0.3) is 0 Å². The van der Waals surface area contributed by atoms with E-state index in [-0.39, 0.29) is 69.3 Å². The molecule has 74 heavy (non-hydrogen) atoms. The Morgan fingerprint density at radius 3 is 1.27 bits per heavy atom.